The number of nitrogens with one attached hydrogen (secondary N) is 2. The summed E-state index contributed by atoms with van der Waals surface area (Å²) in [7, 11) is 1.85. The van der Waals surface area contributed by atoms with Crippen molar-refractivity contribution in [3.8, 4) is 0 Å². The molecule has 0 heterocycles. The number of rotatable bonds is 4. The topological polar surface area (TPSA) is 41.1 Å². The van der Waals surface area contributed by atoms with Crippen LogP contribution in [0.2, 0.25) is 0 Å². The summed E-state index contributed by atoms with van der Waals surface area (Å²) in [5.41, 5.74) is 0. The summed E-state index contributed by atoms with van der Waals surface area (Å²) in [6.07, 6.45) is 2.95. The van der Waals surface area contributed by atoms with Crippen molar-refractivity contribution in [3.05, 3.63) is 0 Å². The highest BCUT2D eigenvalue weighted by Crippen LogP contribution is 2.18. The molecule has 1 aliphatic rings. The molecule has 0 unspecified atom stereocenters. The number of carbonyl (C=O) groups excluding carboxylic acids is 1. The van der Waals surface area contributed by atoms with Crippen LogP contribution in [0.5, 0.6) is 0 Å². The Morgan fingerprint density at radius 2 is 2.30 bits per heavy atom. The average molecular weight is 142 g/mol. The first-order valence-electron chi connectivity index (χ1n) is 3.77. The summed E-state index contributed by atoms with van der Waals surface area (Å²) in [6.45, 7) is 0.776. The van der Waals surface area contributed by atoms with Gasteiger partial charge in [0.15, 0.2) is 0 Å². The third-order valence-electron chi connectivity index (χ3n) is 1.54. The minimum atomic E-state index is 0.178. The van der Waals surface area contributed by atoms with E-state index in [9.17, 15) is 4.79 Å². The molecule has 1 amide bonds. The molecule has 1 rings (SSSR count). The monoisotopic (exact) mass is 142 g/mol. The molecule has 2 N–H and O–H groups in total. The van der Waals surface area contributed by atoms with Crippen LogP contribution < -0.4 is 10.6 Å². The molecule has 0 atom stereocenters. The second-order valence-electron chi connectivity index (χ2n) is 2.70. The lowest BCUT2D eigenvalue weighted by Crippen LogP contribution is -2.28. The molecule has 0 radical (unpaired) electrons. The largest absolute Gasteiger partial charge is 0.353 e. The molecule has 3 nitrogen and oxygen atoms in total. The summed E-state index contributed by atoms with van der Waals surface area (Å²) in [5, 5.41) is 5.84. The van der Waals surface area contributed by atoms with Crippen LogP contribution in [0.1, 0.15) is 19.3 Å². The van der Waals surface area contributed by atoms with E-state index in [1.54, 1.807) is 0 Å². The Kier molecular flexibility index (Phi) is 2.68. The van der Waals surface area contributed by atoms with E-state index in [1.807, 2.05) is 7.05 Å². The molecule has 0 aromatic rings. The van der Waals surface area contributed by atoms with E-state index in [-0.39, 0.29) is 5.91 Å². The fourth-order valence-electron chi connectivity index (χ4n) is 0.766. The van der Waals surface area contributed by atoms with Crippen LogP contribution in [-0.4, -0.2) is 25.5 Å². The zero-order valence-electron chi connectivity index (χ0n) is 6.31. The Balaban J connectivity index is 1.97. The first-order chi connectivity index (χ1) is 4.83. The Hall–Kier alpha value is -0.570. The molecule has 0 bridgehead atoms. The normalized spacial score (nSPS) is 16.9. The van der Waals surface area contributed by atoms with Crippen molar-refractivity contribution in [3.63, 3.8) is 0 Å². The molecule has 0 aromatic carbocycles. The van der Waals surface area contributed by atoms with Crippen molar-refractivity contribution in [2.45, 2.75) is 25.3 Å². The maximum absolute atomic E-state index is 10.9. The van der Waals surface area contributed by atoms with Gasteiger partial charge in [-0.1, -0.05) is 0 Å². The van der Waals surface area contributed by atoms with Gasteiger partial charge in [-0.2, -0.15) is 0 Å². The van der Waals surface area contributed by atoms with E-state index < -0.39 is 0 Å². The molecule has 1 fully saturated rings. The van der Waals surface area contributed by atoms with Gasteiger partial charge >= 0.3 is 0 Å². The average Bonchev–Trinajstić information content (AvgIpc) is 2.67. The fraction of sp³-hybridized carbons (Fsp3) is 0.857. The van der Waals surface area contributed by atoms with Gasteiger partial charge in [-0.05, 0) is 19.9 Å². The van der Waals surface area contributed by atoms with Gasteiger partial charge in [0, 0.05) is 19.0 Å². The van der Waals surface area contributed by atoms with Crippen LogP contribution in [0.4, 0.5) is 0 Å². The van der Waals surface area contributed by atoms with E-state index in [4.69, 9.17) is 0 Å². The Bertz CT molecular complexity index is 121. The number of hydrogen-bond acceptors (Lipinski definition) is 2. The van der Waals surface area contributed by atoms with E-state index in [0.29, 0.717) is 12.5 Å². The summed E-state index contributed by atoms with van der Waals surface area (Å²) in [6, 6.07) is 0.504. The van der Waals surface area contributed by atoms with Crippen molar-refractivity contribution in [1.82, 2.24) is 10.6 Å². The van der Waals surface area contributed by atoms with Gasteiger partial charge in [0.05, 0.1) is 0 Å². The molecular formula is C7H14N2O. The molecule has 0 saturated heterocycles. The fourth-order valence-corrected chi connectivity index (χ4v) is 0.766. The predicted octanol–water partition coefficient (Wildman–Crippen LogP) is -0.126. The van der Waals surface area contributed by atoms with Crippen molar-refractivity contribution in [2.75, 3.05) is 13.6 Å². The second kappa shape index (κ2) is 3.56. The van der Waals surface area contributed by atoms with Gasteiger partial charge < -0.3 is 10.6 Å². The van der Waals surface area contributed by atoms with E-state index >= 15 is 0 Å². The molecule has 0 spiro atoms. The third kappa shape index (κ3) is 2.82. The van der Waals surface area contributed by atoms with E-state index in [1.165, 1.54) is 12.8 Å². The lowest BCUT2D eigenvalue weighted by Gasteiger charge is -2.00. The molecule has 0 aliphatic heterocycles. The molecule has 10 heavy (non-hydrogen) atoms. The quantitative estimate of drug-likeness (QED) is 0.574. The lowest BCUT2D eigenvalue weighted by molar-refractivity contribution is -0.121. The Morgan fingerprint density at radius 3 is 2.80 bits per heavy atom. The smallest absolute Gasteiger partial charge is 0.221 e. The Labute approximate surface area is 61.2 Å². The SMILES string of the molecule is CNCCC(=O)NC1CC1. The maximum Gasteiger partial charge on any atom is 0.221 e. The van der Waals surface area contributed by atoms with Crippen molar-refractivity contribution in [2.24, 2.45) is 0 Å². The van der Waals surface area contributed by atoms with Crippen molar-refractivity contribution in [1.29, 1.82) is 0 Å². The van der Waals surface area contributed by atoms with Crippen LogP contribution in [0.3, 0.4) is 0 Å². The van der Waals surface area contributed by atoms with Crippen LogP contribution in [0.15, 0.2) is 0 Å². The Morgan fingerprint density at radius 1 is 1.60 bits per heavy atom. The first-order valence-corrected chi connectivity index (χ1v) is 3.77. The summed E-state index contributed by atoms with van der Waals surface area (Å²) in [5.74, 6) is 0.178. The number of hydrogen-bond donors (Lipinski definition) is 2. The van der Waals surface area contributed by atoms with E-state index in [0.717, 1.165) is 6.54 Å². The van der Waals surface area contributed by atoms with Crippen LogP contribution >= 0.6 is 0 Å². The highest BCUT2D eigenvalue weighted by molar-refractivity contribution is 5.76. The third-order valence-corrected chi connectivity index (χ3v) is 1.54. The predicted molar refractivity (Wildman–Crippen MR) is 39.7 cm³/mol. The van der Waals surface area contributed by atoms with Crippen LogP contribution in [0.25, 0.3) is 0 Å². The minimum absolute atomic E-state index is 0.178. The summed E-state index contributed by atoms with van der Waals surface area (Å²) < 4.78 is 0. The summed E-state index contributed by atoms with van der Waals surface area (Å²) >= 11 is 0. The van der Waals surface area contributed by atoms with Gasteiger partial charge in [0.2, 0.25) is 5.91 Å². The van der Waals surface area contributed by atoms with E-state index in [2.05, 4.69) is 10.6 Å². The molecule has 1 saturated carbocycles. The van der Waals surface area contributed by atoms with Gasteiger partial charge in [-0.15, -0.1) is 0 Å². The number of carbonyl (C=O) groups is 1. The second-order valence-corrected chi connectivity index (χ2v) is 2.70. The van der Waals surface area contributed by atoms with Gasteiger partial charge in [-0.3, -0.25) is 4.79 Å². The standard InChI is InChI=1S/C7H14N2O/c1-8-5-4-7(10)9-6-2-3-6/h6,8H,2-5H2,1H3,(H,9,10). The van der Waals surface area contributed by atoms with Crippen LogP contribution in [0, 0.1) is 0 Å². The zero-order valence-corrected chi connectivity index (χ0v) is 6.31. The van der Waals surface area contributed by atoms with Crippen LogP contribution in [-0.2, 0) is 4.79 Å². The molecule has 0 aromatic heterocycles. The minimum Gasteiger partial charge on any atom is -0.353 e. The highest BCUT2D eigenvalue weighted by atomic mass is 16.1. The summed E-state index contributed by atoms with van der Waals surface area (Å²) in [4.78, 5) is 10.9. The first kappa shape index (κ1) is 7.54. The lowest BCUT2D eigenvalue weighted by atomic mass is 10.4. The van der Waals surface area contributed by atoms with Gasteiger partial charge in [0.1, 0.15) is 0 Å². The van der Waals surface area contributed by atoms with Gasteiger partial charge in [-0.25, -0.2) is 0 Å². The highest BCUT2D eigenvalue weighted by Gasteiger charge is 2.22. The molecule has 58 valence electrons. The maximum atomic E-state index is 10.9. The zero-order chi connectivity index (χ0) is 7.40. The number of amides is 1. The van der Waals surface area contributed by atoms with Gasteiger partial charge in [0.25, 0.3) is 0 Å². The van der Waals surface area contributed by atoms with Crippen molar-refractivity contribution >= 4 is 5.91 Å². The molecule has 1 aliphatic carbocycles. The van der Waals surface area contributed by atoms with Crippen molar-refractivity contribution < 1.29 is 4.79 Å². The molecular weight excluding hydrogens is 128 g/mol. The molecule has 3 heteroatoms.